The van der Waals surface area contributed by atoms with Crippen LogP contribution in [0.2, 0.25) is 0 Å². The van der Waals surface area contributed by atoms with E-state index >= 15 is 0 Å². The summed E-state index contributed by atoms with van der Waals surface area (Å²) in [6.07, 6.45) is 3.58. The topological polar surface area (TPSA) is 34.9 Å². The van der Waals surface area contributed by atoms with Gasteiger partial charge in [0.15, 0.2) is 0 Å². The fourth-order valence-corrected chi connectivity index (χ4v) is 1.58. The van der Waals surface area contributed by atoms with Gasteiger partial charge in [-0.05, 0) is 13.3 Å². The third-order valence-corrected chi connectivity index (χ3v) is 2.18. The Bertz CT molecular complexity index is 330. The van der Waals surface area contributed by atoms with E-state index in [-0.39, 0.29) is 5.56 Å². The van der Waals surface area contributed by atoms with Crippen LogP contribution < -0.4 is 5.56 Å². The highest BCUT2D eigenvalue weighted by Gasteiger charge is 2.18. The monoisotopic (exact) mass is 180 g/mol. The van der Waals surface area contributed by atoms with E-state index in [9.17, 15) is 4.79 Å². The second-order valence-electron chi connectivity index (χ2n) is 2.96. The van der Waals surface area contributed by atoms with Crippen LogP contribution in [0.5, 0.6) is 0 Å². The van der Waals surface area contributed by atoms with E-state index in [2.05, 4.69) is 11.9 Å². The largest absolute Gasteiger partial charge is 0.294 e. The molecule has 0 aliphatic carbocycles. The minimum absolute atomic E-state index is 0.0833. The molecule has 0 radical (unpaired) electrons. The number of rotatable bonds is 0. The zero-order chi connectivity index (χ0) is 9.84. The summed E-state index contributed by atoms with van der Waals surface area (Å²) in [7, 11) is 0. The second-order valence-corrected chi connectivity index (χ2v) is 2.96. The first-order chi connectivity index (χ1) is 6.29. The zero-order valence-corrected chi connectivity index (χ0v) is 8.45. The maximum Gasteiger partial charge on any atom is 0.253 e. The summed E-state index contributed by atoms with van der Waals surface area (Å²) < 4.78 is 1.78. The molecule has 2 heterocycles. The highest BCUT2D eigenvalue weighted by molar-refractivity contribution is 5.01. The van der Waals surface area contributed by atoms with Crippen LogP contribution in [0.15, 0.2) is 17.1 Å². The van der Waals surface area contributed by atoms with Gasteiger partial charge in [0.2, 0.25) is 0 Å². The van der Waals surface area contributed by atoms with Crippen LogP contribution in [0.1, 0.15) is 39.1 Å². The average molecular weight is 180 g/mol. The third-order valence-electron chi connectivity index (χ3n) is 2.18. The van der Waals surface area contributed by atoms with Crippen molar-refractivity contribution in [3.63, 3.8) is 0 Å². The van der Waals surface area contributed by atoms with Gasteiger partial charge in [0.05, 0.1) is 0 Å². The van der Waals surface area contributed by atoms with Crippen molar-refractivity contribution in [3.05, 3.63) is 28.4 Å². The van der Waals surface area contributed by atoms with Crippen LogP contribution in [0.4, 0.5) is 0 Å². The highest BCUT2D eigenvalue weighted by Crippen LogP contribution is 2.19. The van der Waals surface area contributed by atoms with Gasteiger partial charge in [0.1, 0.15) is 5.82 Å². The molecule has 0 aromatic carbocycles. The van der Waals surface area contributed by atoms with Crippen LogP contribution in [0.25, 0.3) is 0 Å². The molecule has 0 fully saturated rings. The lowest BCUT2D eigenvalue weighted by Gasteiger charge is -2.05. The first kappa shape index (κ1) is 9.96. The van der Waals surface area contributed by atoms with Crippen molar-refractivity contribution >= 4 is 0 Å². The Morgan fingerprint density at radius 3 is 2.85 bits per heavy atom. The molecule has 1 unspecified atom stereocenters. The number of aryl methyl sites for hydroxylation is 1. The molecule has 3 nitrogen and oxygen atoms in total. The molecule has 0 bridgehead atoms. The van der Waals surface area contributed by atoms with E-state index < -0.39 is 0 Å². The van der Waals surface area contributed by atoms with Crippen molar-refractivity contribution in [2.24, 2.45) is 0 Å². The Hall–Kier alpha value is -1.12. The Morgan fingerprint density at radius 1 is 1.54 bits per heavy atom. The molecule has 0 saturated carbocycles. The predicted octanol–water partition coefficient (Wildman–Crippen LogP) is 1.78. The summed E-state index contributed by atoms with van der Waals surface area (Å²) in [5.41, 5.74) is 0.0833. The van der Waals surface area contributed by atoms with Gasteiger partial charge in [-0.15, -0.1) is 0 Å². The number of aromatic nitrogens is 2. The molecule has 1 aliphatic rings. The smallest absolute Gasteiger partial charge is 0.253 e. The Balaban J connectivity index is 0.000000396. The summed E-state index contributed by atoms with van der Waals surface area (Å²) >= 11 is 0. The summed E-state index contributed by atoms with van der Waals surface area (Å²) in [5.74, 6) is 0.935. The van der Waals surface area contributed by atoms with Crippen molar-refractivity contribution in [1.29, 1.82) is 0 Å². The lowest BCUT2D eigenvalue weighted by atomic mass is 10.2. The Labute approximate surface area is 78.4 Å². The lowest BCUT2D eigenvalue weighted by molar-refractivity contribution is 0.559. The Kier molecular flexibility index (Phi) is 3.23. The fourth-order valence-electron chi connectivity index (χ4n) is 1.58. The maximum atomic E-state index is 11.2. The van der Waals surface area contributed by atoms with Gasteiger partial charge in [-0.3, -0.25) is 9.36 Å². The third kappa shape index (κ3) is 1.79. The maximum absolute atomic E-state index is 11.2. The van der Waals surface area contributed by atoms with Crippen LogP contribution >= 0.6 is 0 Å². The molecule has 0 amide bonds. The molecule has 0 spiro atoms. The molecule has 0 saturated heterocycles. The van der Waals surface area contributed by atoms with Gasteiger partial charge < -0.3 is 0 Å². The van der Waals surface area contributed by atoms with Crippen molar-refractivity contribution in [1.82, 2.24) is 9.55 Å². The minimum atomic E-state index is 0.0833. The van der Waals surface area contributed by atoms with Crippen molar-refractivity contribution in [2.75, 3.05) is 0 Å². The summed E-state index contributed by atoms with van der Waals surface area (Å²) in [6, 6.07) is 1.86. The number of fused-ring (bicyclic) bond motifs is 1. The molecule has 1 aromatic rings. The molecule has 1 aromatic heterocycles. The lowest BCUT2D eigenvalue weighted by Crippen LogP contribution is -2.21. The van der Waals surface area contributed by atoms with Crippen molar-refractivity contribution in [3.8, 4) is 0 Å². The van der Waals surface area contributed by atoms with E-state index in [1.54, 1.807) is 10.8 Å². The summed E-state index contributed by atoms with van der Waals surface area (Å²) in [6.45, 7) is 6.06. The molecule has 0 N–H and O–H groups in total. The SMILES string of the molecule is CC.CC1CCc2nccc(=O)n21. The minimum Gasteiger partial charge on any atom is -0.294 e. The summed E-state index contributed by atoms with van der Waals surface area (Å²) in [4.78, 5) is 15.4. The number of nitrogens with zero attached hydrogens (tertiary/aromatic N) is 2. The van der Waals surface area contributed by atoms with E-state index in [4.69, 9.17) is 0 Å². The normalized spacial score (nSPS) is 18.8. The quantitative estimate of drug-likeness (QED) is 0.610. The van der Waals surface area contributed by atoms with Crippen LogP contribution in [0.3, 0.4) is 0 Å². The van der Waals surface area contributed by atoms with Crippen LogP contribution in [0, 0.1) is 0 Å². The molecule has 2 rings (SSSR count). The van der Waals surface area contributed by atoms with Crippen molar-refractivity contribution in [2.45, 2.75) is 39.7 Å². The van der Waals surface area contributed by atoms with Gasteiger partial charge >= 0.3 is 0 Å². The van der Waals surface area contributed by atoms with Crippen LogP contribution in [-0.4, -0.2) is 9.55 Å². The van der Waals surface area contributed by atoms with Crippen LogP contribution in [-0.2, 0) is 6.42 Å². The van der Waals surface area contributed by atoms with E-state index in [0.29, 0.717) is 6.04 Å². The second kappa shape index (κ2) is 4.21. The first-order valence-corrected chi connectivity index (χ1v) is 4.85. The molecule has 13 heavy (non-hydrogen) atoms. The van der Waals surface area contributed by atoms with E-state index in [1.807, 2.05) is 13.8 Å². The van der Waals surface area contributed by atoms with E-state index in [0.717, 1.165) is 18.7 Å². The van der Waals surface area contributed by atoms with Crippen molar-refractivity contribution < 1.29 is 0 Å². The van der Waals surface area contributed by atoms with Gasteiger partial charge in [0.25, 0.3) is 5.56 Å². The number of hydrogen-bond acceptors (Lipinski definition) is 2. The average Bonchev–Trinajstić information content (AvgIpc) is 2.53. The van der Waals surface area contributed by atoms with Gasteiger partial charge in [-0.25, -0.2) is 4.98 Å². The molecule has 1 atom stereocenters. The number of hydrogen-bond donors (Lipinski definition) is 0. The summed E-state index contributed by atoms with van der Waals surface area (Å²) in [5, 5.41) is 0. The van der Waals surface area contributed by atoms with E-state index in [1.165, 1.54) is 6.07 Å². The highest BCUT2D eigenvalue weighted by atomic mass is 16.1. The van der Waals surface area contributed by atoms with Gasteiger partial charge in [0, 0.05) is 24.7 Å². The molecular weight excluding hydrogens is 164 g/mol. The fraction of sp³-hybridized carbons (Fsp3) is 0.600. The van der Waals surface area contributed by atoms with Gasteiger partial charge in [-0.2, -0.15) is 0 Å². The molecular formula is C10H16N2O. The molecule has 72 valence electrons. The zero-order valence-electron chi connectivity index (χ0n) is 8.45. The molecule has 1 aliphatic heterocycles. The predicted molar refractivity (Wildman–Crippen MR) is 52.9 cm³/mol. The Morgan fingerprint density at radius 2 is 2.23 bits per heavy atom. The molecule has 3 heteroatoms. The standard InChI is InChI=1S/C8H10N2O.C2H6/c1-6-2-3-7-9-5-4-8(11)10(6)7;1-2/h4-6H,2-3H2,1H3;1-2H3. The van der Waals surface area contributed by atoms with Gasteiger partial charge in [-0.1, -0.05) is 13.8 Å². The first-order valence-electron chi connectivity index (χ1n) is 4.85.